The maximum Gasteiger partial charge on any atom is 0.261 e. The van der Waals surface area contributed by atoms with Crippen LogP contribution in [0.3, 0.4) is 0 Å². The second kappa shape index (κ2) is 7.54. The molecule has 4 rings (SSSR count). The van der Waals surface area contributed by atoms with Gasteiger partial charge in [0.15, 0.2) is 0 Å². The third-order valence-electron chi connectivity index (χ3n) is 5.45. The molecule has 1 saturated heterocycles. The number of carbonyl (C=O) groups is 1. The molecule has 1 fully saturated rings. The summed E-state index contributed by atoms with van der Waals surface area (Å²) in [6.07, 6.45) is 3.54. The molecule has 0 spiro atoms. The van der Waals surface area contributed by atoms with Crippen LogP contribution in [0.25, 0.3) is 10.9 Å². The van der Waals surface area contributed by atoms with Gasteiger partial charge < -0.3 is 4.90 Å². The first-order valence-electron chi connectivity index (χ1n) is 9.54. The molecular weight excluding hydrogens is 357 g/mol. The van der Waals surface area contributed by atoms with Crippen molar-refractivity contribution in [1.82, 2.24) is 14.5 Å². The Bertz CT molecular complexity index is 1080. The molecule has 0 bridgehead atoms. The molecule has 5 nitrogen and oxygen atoms in total. The predicted octanol–water partition coefficient (Wildman–Crippen LogP) is 3.60. The van der Waals surface area contributed by atoms with Crippen molar-refractivity contribution < 1.29 is 9.18 Å². The maximum atomic E-state index is 13.2. The molecule has 0 aliphatic carbocycles. The van der Waals surface area contributed by atoms with E-state index in [1.807, 2.05) is 24.0 Å². The van der Waals surface area contributed by atoms with E-state index in [1.165, 1.54) is 23.0 Å². The number of aryl methyl sites for hydroxylation is 2. The lowest BCUT2D eigenvalue weighted by Gasteiger charge is -2.25. The van der Waals surface area contributed by atoms with E-state index < -0.39 is 0 Å². The highest BCUT2D eigenvalue weighted by molar-refractivity contribution is 5.80. The second-order valence-electron chi connectivity index (χ2n) is 7.26. The number of hydrogen-bond donors (Lipinski definition) is 0. The number of carbonyl (C=O) groups excluding carboxylic acids is 1. The van der Waals surface area contributed by atoms with Crippen LogP contribution in [0.2, 0.25) is 0 Å². The molecule has 6 heteroatoms. The van der Waals surface area contributed by atoms with Crippen LogP contribution in [-0.4, -0.2) is 26.9 Å². The Hall–Kier alpha value is -3.02. The Morgan fingerprint density at radius 3 is 2.79 bits per heavy atom. The van der Waals surface area contributed by atoms with Gasteiger partial charge in [-0.05, 0) is 49.1 Å². The van der Waals surface area contributed by atoms with E-state index in [9.17, 15) is 14.0 Å². The number of fused-ring (bicyclic) bond motifs is 1. The lowest BCUT2D eigenvalue weighted by molar-refractivity contribution is -0.132. The molecule has 1 aliphatic rings. The van der Waals surface area contributed by atoms with Gasteiger partial charge >= 0.3 is 0 Å². The van der Waals surface area contributed by atoms with Gasteiger partial charge in [0.05, 0.1) is 23.3 Å². The Balaban J connectivity index is 1.50. The van der Waals surface area contributed by atoms with Crippen molar-refractivity contribution >= 4 is 16.8 Å². The fraction of sp³-hybridized carbons (Fsp3) is 0.318. The monoisotopic (exact) mass is 379 g/mol. The summed E-state index contributed by atoms with van der Waals surface area (Å²) in [4.78, 5) is 31.7. The zero-order valence-electron chi connectivity index (χ0n) is 15.8. The lowest BCUT2D eigenvalue weighted by atomic mass is 10.0. The number of halogens is 1. The fourth-order valence-electron chi connectivity index (χ4n) is 3.95. The van der Waals surface area contributed by atoms with Crippen molar-refractivity contribution in [3.63, 3.8) is 0 Å². The van der Waals surface area contributed by atoms with E-state index in [-0.39, 0.29) is 29.7 Å². The zero-order chi connectivity index (χ0) is 19.7. The van der Waals surface area contributed by atoms with Crippen molar-refractivity contribution in [2.75, 3.05) is 6.54 Å². The van der Waals surface area contributed by atoms with Crippen LogP contribution in [0.15, 0.2) is 53.6 Å². The average molecular weight is 379 g/mol. The van der Waals surface area contributed by atoms with Crippen LogP contribution in [0, 0.1) is 12.7 Å². The number of benzene rings is 2. The average Bonchev–Trinajstić information content (AvgIpc) is 3.18. The summed E-state index contributed by atoms with van der Waals surface area (Å²) in [7, 11) is 0. The first kappa shape index (κ1) is 18.3. The minimum absolute atomic E-state index is 0.00284. The van der Waals surface area contributed by atoms with Gasteiger partial charge in [-0.2, -0.15) is 0 Å². The molecule has 0 radical (unpaired) electrons. The van der Waals surface area contributed by atoms with Gasteiger partial charge in [0.2, 0.25) is 5.91 Å². The molecule has 0 saturated carbocycles. The molecule has 3 aromatic rings. The van der Waals surface area contributed by atoms with E-state index >= 15 is 0 Å². The summed E-state index contributed by atoms with van der Waals surface area (Å²) in [6, 6.07) is 11.8. The third kappa shape index (κ3) is 3.42. The first-order chi connectivity index (χ1) is 13.5. The van der Waals surface area contributed by atoms with Crippen molar-refractivity contribution in [2.24, 2.45) is 0 Å². The van der Waals surface area contributed by atoms with Crippen LogP contribution < -0.4 is 5.56 Å². The van der Waals surface area contributed by atoms with Crippen molar-refractivity contribution in [3.05, 3.63) is 76.1 Å². The number of aromatic nitrogens is 2. The van der Waals surface area contributed by atoms with Gasteiger partial charge in [-0.3, -0.25) is 14.2 Å². The van der Waals surface area contributed by atoms with E-state index in [1.54, 1.807) is 18.2 Å². The molecule has 2 aromatic carbocycles. The summed E-state index contributed by atoms with van der Waals surface area (Å²) in [5.74, 6) is -0.277. The quantitative estimate of drug-likeness (QED) is 0.696. The molecule has 1 amide bonds. The summed E-state index contributed by atoms with van der Waals surface area (Å²) in [5.41, 5.74) is 2.48. The van der Waals surface area contributed by atoms with Crippen LogP contribution >= 0.6 is 0 Å². The van der Waals surface area contributed by atoms with Crippen LogP contribution in [-0.2, 0) is 11.3 Å². The summed E-state index contributed by atoms with van der Waals surface area (Å²) in [5, 5.41) is 0.570. The molecule has 1 aliphatic heterocycles. The van der Waals surface area contributed by atoms with Gasteiger partial charge in [-0.1, -0.05) is 24.3 Å². The molecule has 1 atom stereocenters. The molecule has 0 N–H and O–H groups in total. The minimum Gasteiger partial charge on any atom is -0.336 e. The number of amides is 1. The molecule has 1 aromatic heterocycles. The van der Waals surface area contributed by atoms with E-state index in [2.05, 4.69) is 4.98 Å². The number of hydrogen-bond acceptors (Lipinski definition) is 3. The first-order valence-corrected chi connectivity index (χ1v) is 9.54. The van der Waals surface area contributed by atoms with Gasteiger partial charge in [0.25, 0.3) is 5.56 Å². The zero-order valence-corrected chi connectivity index (χ0v) is 15.8. The minimum atomic E-state index is -0.280. The van der Waals surface area contributed by atoms with Crippen LogP contribution in [0.4, 0.5) is 4.39 Å². The maximum absolute atomic E-state index is 13.2. The van der Waals surface area contributed by atoms with Crippen LogP contribution in [0.5, 0.6) is 0 Å². The second-order valence-corrected chi connectivity index (χ2v) is 7.26. The summed E-state index contributed by atoms with van der Waals surface area (Å²) in [6.45, 7) is 2.90. The highest BCUT2D eigenvalue weighted by Gasteiger charge is 2.29. The predicted molar refractivity (Wildman–Crippen MR) is 105 cm³/mol. The van der Waals surface area contributed by atoms with E-state index in [4.69, 9.17) is 0 Å². The molecule has 28 heavy (non-hydrogen) atoms. The summed E-state index contributed by atoms with van der Waals surface area (Å²) < 4.78 is 14.7. The Kier molecular flexibility index (Phi) is 4.94. The summed E-state index contributed by atoms with van der Waals surface area (Å²) >= 11 is 0. The normalized spacial score (nSPS) is 16.6. The highest BCUT2D eigenvalue weighted by atomic mass is 19.1. The molecule has 144 valence electrons. The van der Waals surface area contributed by atoms with Crippen molar-refractivity contribution in [2.45, 2.75) is 38.8 Å². The van der Waals surface area contributed by atoms with Crippen molar-refractivity contribution in [1.29, 1.82) is 0 Å². The Morgan fingerprint density at radius 1 is 1.21 bits per heavy atom. The standard InChI is InChI=1S/C22H22FN3O2/c1-15-4-2-5-18-21(15)24-14-25(22(18)28)13-11-20(27)26-12-3-6-19(26)16-7-9-17(23)10-8-16/h2,4-5,7-10,14,19H,3,6,11-13H2,1H3. The van der Waals surface area contributed by atoms with Gasteiger partial charge in [0.1, 0.15) is 5.82 Å². The Labute approximate surface area is 162 Å². The number of para-hydroxylation sites is 1. The van der Waals surface area contributed by atoms with Gasteiger partial charge in [-0.25, -0.2) is 9.37 Å². The Morgan fingerprint density at radius 2 is 2.00 bits per heavy atom. The molecular formula is C22H22FN3O2. The number of likely N-dealkylation sites (tertiary alicyclic amines) is 1. The molecule has 1 unspecified atom stereocenters. The lowest BCUT2D eigenvalue weighted by Crippen LogP contribution is -2.32. The largest absolute Gasteiger partial charge is 0.336 e. The topological polar surface area (TPSA) is 55.2 Å². The number of rotatable bonds is 4. The van der Waals surface area contributed by atoms with E-state index in [0.717, 1.165) is 24.0 Å². The van der Waals surface area contributed by atoms with Crippen molar-refractivity contribution in [3.8, 4) is 0 Å². The van der Waals surface area contributed by atoms with Gasteiger partial charge in [-0.15, -0.1) is 0 Å². The van der Waals surface area contributed by atoms with Gasteiger partial charge in [0, 0.05) is 19.5 Å². The highest BCUT2D eigenvalue weighted by Crippen LogP contribution is 2.32. The molecule has 2 heterocycles. The smallest absolute Gasteiger partial charge is 0.261 e. The fourth-order valence-corrected chi connectivity index (χ4v) is 3.95. The SMILES string of the molecule is Cc1cccc2c(=O)n(CCC(=O)N3CCCC3c3ccc(F)cc3)cnc12. The number of nitrogens with zero attached hydrogens (tertiary/aromatic N) is 3. The van der Waals surface area contributed by atoms with E-state index in [0.29, 0.717) is 24.0 Å². The third-order valence-corrected chi connectivity index (χ3v) is 5.45. The van der Waals surface area contributed by atoms with Crippen LogP contribution in [0.1, 0.15) is 36.4 Å².